The number of hydrogen-bond acceptors (Lipinski definition) is 4. The number of rotatable bonds is 0. The summed E-state index contributed by atoms with van der Waals surface area (Å²) in [6, 6.07) is 0. The zero-order valence-electron chi connectivity index (χ0n) is 5.40. The molecule has 0 unspecified atom stereocenters. The first-order valence-electron chi connectivity index (χ1n) is 2.95. The van der Waals surface area contributed by atoms with Crippen LogP contribution >= 0.6 is 22.6 Å². The van der Waals surface area contributed by atoms with Crippen LogP contribution in [0.4, 0.5) is 0 Å². The molecule has 5 heteroatoms. The summed E-state index contributed by atoms with van der Waals surface area (Å²) in [5.41, 5.74) is 1.19. The summed E-state index contributed by atoms with van der Waals surface area (Å²) < 4.78 is 0.829. The standard InChI is InChI=1S/C6H3IN4/c7-4-3-10-5-6(11-4)9-2-1-8-5/h1-3H. The van der Waals surface area contributed by atoms with Gasteiger partial charge in [-0.3, -0.25) is 0 Å². The van der Waals surface area contributed by atoms with Crippen molar-refractivity contribution in [1.82, 2.24) is 19.9 Å². The first kappa shape index (κ1) is 6.84. The van der Waals surface area contributed by atoms with Crippen molar-refractivity contribution in [2.75, 3.05) is 0 Å². The second kappa shape index (κ2) is 2.65. The van der Waals surface area contributed by atoms with Crippen LogP contribution in [0.25, 0.3) is 11.3 Å². The fourth-order valence-corrected chi connectivity index (χ4v) is 1.11. The van der Waals surface area contributed by atoms with Crippen LogP contribution in [0, 0.1) is 3.70 Å². The van der Waals surface area contributed by atoms with Gasteiger partial charge in [-0.15, -0.1) is 0 Å². The number of fused-ring (bicyclic) bond motifs is 1. The van der Waals surface area contributed by atoms with Crippen molar-refractivity contribution in [2.45, 2.75) is 0 Å². The Kier molecular flexibility index (Phi) is 1.65. The predicted molar refractivity (Wildman–Crippen MR) is 47.8 cm³/mol. The predicted octanol–water partition coefficient (Wildman–Crippen LogP) is 1.02. The molecule has 0 radical (unpaired) electrons. The van der Waals surface area contributed by atoms with Crippen LogP contribution in [-0.2, 0) is 0 Å². The van der Waals surface area contributed by atoms with Crippen LogP contribution in [-0.4, -0.2) is 19.9 Å². The molecule has 0 aliphatic rings. The van der Waals surface area contributed by atoms with Crippen LogP contribution in [0.5, 0.6) is 0 Å². The Balaban J connectivity index is 2.83. The van der Waals surface area contributed by atoms with Gasteiger partial charge in [0.25, 0.3) is 0 Å². The van der Waals surface area contributed by atoms with E-state index in [0.717, 1.165) is 3.70 Å². The molecule has 0 saturated carbocycles. The molecule has 2 heterocycles. The zero-order valence-corrected chi connectivity index (χ0v) is 7.56. The van der Waals surface area contributed by atoms with E-state index in [-0.39, 0.29) is 0 Å². The van der Waals surface area contributed by atoms with E-state index in [2.05, 4.69) is 42.5 Å². The molecule has 54 valence electrons. The number of nitrogens with zero attached hydrogens (tertiary/aromatic N) is 4. The quantitative estimate of drug-likeness (QED) is 0.662. The minimum absolute atomic E-state index is 0.591. The Hall–Kier alpha value is -0.850. The van der Waals surface area contributed by atoms with Gasteiger partial charge in [0.1, 0.15) is 3.70 Å². The molecule has 0 N–H and O–H groups in total. The highest BCUT2D eigenvalue weighted by atomic mass is 127. The summed E-state index contributed by atoms with van der Waals surface area (Å²) >= 11 is 2.09. The summed E-state index contributed by atoms with van der Waals surface area (Å²) in [5, 5.41) is 0. The molecule has 0 bridgehead atoms. The van der Waals surface area contributed by atoms with Crippen LogP contribution < -0.4 is 0 Å². The Morgan fingerprint density at radius 2 is 1.73 bits per heavy atom. The van der Waals surface area contributed by atoms with E-state index >= 15 is 0 Å². The normalized spacial score (nSPS) is 10.3. The molecule has 0 aromatic carbocycles. The maximum Gasteiger partial charge on any atom is 0.198 e. The molecule has 0 atom stereocenters. The smallest absolute Gasteiger partial charge is 0.198 e. The number of aromatic nitrogens is 4. The monoisotopic (exact) mass is 258 g/mol. The average molecular weight is 258 g/mol. The molecule has 2 aromatic rings. The minimum Gasteiger partial charge on any atom is -0.232 e. The molecule has 0 spiro atoms. The van der Waals surface area contributed by atoms with Crippen molar-refractivity contribution < 1.29 is 0 Å². The summed E-state index contributed by atoms with van der Waals surface area (Å²) in [6.07, 6.45) is 4.87. The molecule has 4 nitrogen and oxygen atoms in total. The molecule has 2 rings (SSSR count). The van der Waals surface area contributed by atoms with Crippen molar-refractivity contribution >= 4 is 33.9 Å². The molecule has 0 saturated heterocycles. The van der Waals surface area contributed by atoms with Gasteiger partial charge in [0.05, 0.1) is 6.20 Å². The van der Waals surface area contributed by atoms with Gasteiger partial charge in [0.2, 0.25) is 0 Å². The highest BCUT2D eigenvalue weighted by Crippen LogP contribution is 2.03. The fourth-order valence-electron chi connectivity index (χ4n) is 0.738. The third kappa shape index (κ3) is 1.28. The molecular weight excluding hydrogens is 255 g/mol. The van der Waals surface area contributed by atoms with Gasteiger partial charge < -0.3 is 0 Å². The van der Waals surface area contributed by atoms with E-state index in [4.69, 9.17) is 0 Å². The van der Waals surface area contributed by atoms with Gasteiger partial charge in [-0.25, -0.2) is 19.9 Å². The SMILES string of the molecule is Ic1cnc2nccnc2n1. The van der Waals surface area contributed by atoms with E-state index < -0.39 is 0 Å². The molecule has 2 aromatic heterocycles. The highest BCUT2D eigenvalue weighted by Gasteiger charge is 1.96. The van der Waals surface area contributed by atoms with Crippen LogP contribution in [0.2, 0.25) is 0 Å². The lowest BCUT2D eigenvalue weighted by Gasteiger charge is -1.92. The molecule has 11 heavy (non-hydrogen) atoms. The Morgan fingerprint density at radius 3 is 2.55 bits per heavy atom. The zero-order chi connectivity index (χ0) is 7.68. The third-order valence-corrected chi connectivity index (χ3v) is 1.69. The minimum atomic E-state index is 0.591. The Bertz CT molecular complexity index is 389. The van der Waals surface area contributed by atoms with E-state index in [1.165, 1.54) is 0 Å². The number of halogens is 1. The summed E-state index contributed by atoms with van der Waals surface area (Å²) in [4.78, 5) is 16.1. The van der Waals surface area contributed by atoms with E-state index in [1.807, 2.05) is 0 Å². The lowest BCUT2D eigenvalue weighted by atomic mass is 10.6. The number of hydrogen-bond donors (Lipinski definition) is 0. The highest BCUT2D eigenvalue weighted by molar-refractivity contribution is 14.1. The first-order valence-corrected chi connectivity index (χ1v) is 4.03. The van der Waals surface area contributed by atoms with Crippen LogP contribution in [0.15, 0.2) is 18.6 Å². The van der Waals surface area contributed by atoms with Crippen molar-refractivity contribution in [3.63, 3.8) is 0 Å². The fraction of sp³-hybridized carbons (Fsp3) is 0. The third-order valence-electron chi connectivity index (χ3n) is 1.17. The van der Waals surface area contributed by atoms with Crippen molar-refractivity contribution in [3.05, 3.63) is 22.3 Å². The molecule has 0 aliphatic heterocycles. The van der Waals surface area contributed by atoms with Gasteiger partial charge in [0, 0.05) is 12.4 Å². The van der Waals surface area contributed by atoms with E-state index in [1.54, 1.807) is 18.6 Å². The van der Waals surface area contributed by atoms with Crippen LogP contribution in [0.3, 0.4) is 0 Å². The molecule has 0 aliphatic carbocycles. The summed E-state index contributed by atoms with van der Waals surface area (Å²) in [5.74, 6) is 0. The molecular formula is C6H3IN4. The molecule has 0 amide bonds. The van der Waals surface area contributed by atoms with Crippen molar-refractivity contribution in [2.24, 2.45) is 0 Å². The van der Waals surface area contributed by atoms with Gasteiger partial charge in [-0.1, -0.05) is 0 Å². The van der Waals surface area contributed by atoms with Gasteiger partial charge in [-0.2, -0.15) is 0 Å². The van der Waals surface area contributed by atoms with E-state index in [9.17, 15) is 0 Å². The van der Waals surface area contributed by atoms with Crippen molar-refractivity contribution in [1.29, 1.82) is 0 Å². The Morgan fingerprint density at radius 1 is 1.00 bits per heavy atom. The van der Waals surface area contributed by atoms with Crippen molar-refractivity contribution in [3.8, 4) is 0 Å². The lowest BCUT2D eigenvalue weighted by Crippen LogP contribution is -1.91. The average Bonchev–Trinajstić information content (AvgIpc) is 2.04. The van der Waals surface area contributed by atoms with E-state index in [0.29, 0.717) is 11.3 Å². The second-order valence-electron chi connectivity index (χ2n) is 1.90. The summed E-state index contributed by atoms with van der Waals surface area (Å²) in [7, 11) is 0. The van der Waals surface area contributed by atoms with Gasteiger partial charge in [-0.05, 0) is 22.6 Å². The maximum atomic E-state index is 4.13. The second-order valence-corrected chi connectivity index (χ2v) is 3.00. The maximum absolute atomic E-state index is 4.13. The molecule has 0 fully saturated rings. The largest absolute Gasteiger partial charge is 0.232 e. The van der Waals surface area contributed by atoms with Gasteiger partial charge in [0.15, 0.2) is 11.3 Å². The van der Waals surface area contributed by atoms with Gasteiger partial charge >= 0.3 is 0 Å². The van der Waals surface area contributed by atoms with Crippen LogP contribution in [0.1, 0.15) is 0 Å². The first-order chi connectivity index (χ1) is 5.36. The summed E-state index contributed by atoms with van der Waals surface area (Å²) in [6.45, 7) is 0. The lowest BCUT2D eigenvalue weighted by molar-refractivity contribution is 1.13. The Labute approximate surface area is 76.3 Å². The topological polar surface area (TPSA) is 51.6 Å².